The first-order valence-electron chi connectivity index (χ1n) is 6.01. The minimum absolute atomic E-state index is 0.104. The van der Waals surface area contributed by atoms with Crippen LogP contribution >= 0.6 is 15.9 Å². The smallest absolute Gasteiger partial charge is 0.258 e. The Morgan fingerprint density at radius 1 is 1.24 bits per heavy atom. The van der Waals surface area contributed by atoms with Gasteiger partial charge in [0.1, 0.15) is 12.7 Å². The van der Waals surface area contributed by atoms with Gasteiger partial charge in [-0.05, 0) is 30.7 Å². The third kappa shape index (κ3) is 2.97. The second-order valence-electron chi connectivity index (χ2n) is 4.24. The molecule has 106 valence electrons. The summed E-state index contributed by atoms with van der Waals surface area (Å²) >= 11 is 3.42. The Hall–Kier alpha value is -2.55. The lowest BCUT2D eigenvalue weighted by molar-refractivity contribution is 0.800. The van der Waals surface area contributed by atoms with Gasteiger partial charge in [0.05, 0.1) is 0 Å². The molecule has 21 heavy (non-hydrogen) atoms. The molecular formula is C12H11BrN8. The minimum atomic E-state index is 0.104. The third-order valence-electron chi connectivity index (χ3n) is 2.70. The van der Waals surface area contributed by atoms with Gasteiger partial charge < -0.3 is 11.1 Å². The van der Waals surface area contributed by atoms with Crippen LogP contribution < -0.4 is 11.1 Å². The summed E-state index contributed by atoms with van der Waals surface area (Å²) in [5, 5.41) is 7.09. The zero-order valence-corrected chi connectivity index (χ0v) is 12.6. The van der Waals surface area contributed by atoms with Crippen molar-refractivity contribution in [1.29, 1.82) is 0 Å². The second-order valence-corrected chi connectivity index (χ2v) is 5.16. The van der Waals surface area contributed by atoms with Crippen LogP contribution in [0.3, 0.4) is 0 Å². The Balaban J connectivity index is 1.95. The van der Waals surface area contributed by atoms with E-state index in [0.717, 1.165) is 15.7 Å². The van der Waals surface area contributed by atoms with Crippen LogP contribution in [0.25, 0.3) is 5.95 Å². The van der Waals surface area contributed by atoms with E-state index in [4.69, 9.17) is 5.73 Å². The van der Waals surface area contributed by atoms with Gasteiger partial charge in [-0.25, -0.2) is 4.98 Å². The summed E-state index contributed by atoms with van der Waals surface area (Å²) in [5.74, 6) is 0.753. The molecule has 0 aliphatic rings. The van der Waals surface area contributed by atoms with E-state index >= 15 is 0 Å². The lowest BCUT2D eigenvalue weighted by Crippen LogP contribution is -2.09. The molecule has 8 nitrogen and oxygen atoms in total. The number of hydrogen-bond acceptors (Lipinski definition) is 7. The molecule has 2 heterocycles. The molecule has 3 rings (SSSR count). The molecule has 0 saturated heterocycles. The van der Waals surface area contributed by atoms with Crippen molar-refractivity contribution in [2.75, 3.05) is 11.1 Å². The molecule has 0 fully saturated rings. The van der Waals surface area contributed by atoms with E-state index in [1.807, 2.05) is 25.1 Å². The maximum Gasteiger partial charge on any atom is 0.258 e. The molecule has 2 aromatic heterocycles. The maximum atomic E-state index is 5.71. The highest BCUT2D eigenvalue weighted by atomic mass is 79.9. The molecule has 0 atom stereocenters. The maximum absolute atomic E-state index is 5.71. The predicted molar refractivity (Wildman–Crippen MR) is 81.3 cm³/mol. The van der Waals surface area contributed by atoms with Gasteiger partial charge in [0.15, 0.2) is 0 Å². The summed E-state index contributed by atoms with van der Waals surface area (Å²) in [6.45, 7) is 1.98. The molecule has 0 saturated carbocycles. The first-order chi connectivity index (χ1) is 10.1. The molecule has 0 unspecified atom stereocenters. The van der Waals surface area contributed by atoms with E-state index in [-0.39, 0.29) is 5.95 Å². The first-order valence-corrected chi connectivity index (χ1v) is 6.81. The van der Waals surface area contributed by atoms with Crippen molar-refractivity contribution in [1.82, 2.24) is 29.7 Å². The van der Waals surface area contributed by atoms with Crippen molar-refractivity contribution in [2.24, 2.45) is 0 Å². The number of hydrogen-bond donors (Lipinski definition) is 2. The highest BCUT2D eigenvalue weighted by Gasteiger charge is 2.08. The van der Waals surface area contributed by atoms with E-state index < -0.39 is 0 Å². The average Bonchev–Trinajstić information content (AvgIpc) is 2.95. The van der Waals surface area contributed by atoms with Crippen LogP contribution in [0.1, 0.15) is 5.56 Å². The lowest BCUT2D eigenvalue weighted by atomic mass is 10.2. The van der Waals surface area contributed by atoms with Gasteiger partial charge in [0.25, 0.3) is 5.95 Å². The van der Waals surface area contributed by atoms with Crippen LogP contribution in [0.15, 0.2) is 35.3 Å². The number of rotatable bonds is 3. The predicted octanol–water partition coefficient (Wildman–Crippen LogP) is 1.85. The highest BCUT2D eigenvalue weighted by Crippen LogP contribution is 2.22. The fraction of sp³-hybridized carbons (Fsp3) is 0.0833. The van der Waals surface area contributed by atoms with Crippen molar-refractivity contribution in [3.8, 4) is 5.95 Å². The van der Waals surface area contributed by atoms with Gasteiger partial charge in [-0.1, -0.05) is 15.9 Å². The number of aromatic nitrogens is 6. The summed E-state index contributed by atoms with van der Waals surface area (Å²) in [5.41, 5.74) is 7.64. The molecule has 3 N–H and O–H groups in total. The van der Waals surface area contributed by atoms with E-state index in [9.17, 15) is 0 Å². The molecule has 0 radical (unpaired) electrons. The Morgan fingerprint density at radius 2 is 2.10 bits per heavy atom. The van der Waals surface area contributed by atoms with E-state index in [1.54, 1.807) is 0 Å². The van der Waals surface area contributed by atoms with Crippen molar-refractivity contribution < 1.29 is 0 Å². The SMILES string of the molecule is Cc1cc(Br)ccc1Nc1nc(N)nc(-n2cncn2)n1. The third-order valence-corrected chi connectivity index (χ3v) is 3.19. The molecule has 0 amide bonds. The Labute approximate surface area is 128 Å². The zero-order chi connectivity index (χ0) is 14.8. The van der Waals surface area contributed by atoms with Crippen molar-refractivity contribution >= 4 is 33.5 Å². The summed E-state index contributed by atoms with van der Waals surface area (Å²) < 4.78 is 2.42. The van der Waals surface area contributed by atoms with Gasteiger partial charge >= 0.3 is 0 Å². The summed E-state index contributed by atoms with van der Waals surface area (Å²) in [6, 6.07) is 5.85. The number of benzene rings is 1. The number of nitrogen functional groups attached to an aromatic ring is 1. The molecular weight excluding hydrogens is 336 g/mol. The van der Waals surface area contributed by atoms with Crippen LogP contribution in [-0.2, 0) is 0 Å². The van der Waals surface area contributed by atoms with Crippen LogP contribution in [-0.4, -0.2) is 29.7 Å². The largest absolute Gasteiger partial charge is 0.368 e. The number of halogens is 1. The fourth-order valence-electron chi connectivity index (χ4n) is 1.74. The molecule has 0 aliphatic carbocycles. The van der Waals surface area contributed by atoms with Gasteiger partial charge in [-0.2, -0.15) is 24.7 Å². The molecule has 0 spiro atoms. The molecule has 0 aliphatic heterocycles. The van der Waals surface area contributed by atoms with E-state index in [1.165, 1.54) is 17.3 Å². The zero-order valence-electron chi connectivity index (χ0n) is 11.0. The van der Waals surface area contributed by atoms with Gasteiger partial charge in [-0.3, -0.25) is 0 Å². The fourth-order valence-corrected chi connectivity index (χ4v) is 2.21. The number of nitrogens with two attached hydrogens (primary N) is 1. The average molecular weight is 347 g/mol. The first kappa shape index (κ1) is 13.4. The molecule has 3 aromatic rings. The van der Waals surface area contributed by atoms with Crippen molar-refractivity contribution in [3.63, 3.8) is 0 Å². The second kappa shape index (κ2) is 5.44. The van der Waals surface area contributed by atoms with Crippen LogP contribution in [0.5, 0.6) is 0 Å². The van der Waals surface area contributed by atoms with Gasteiger partial charge in [0, 0.05) is 10.2 Å². The van der Waals surface area contributed by atoms with Crippen molar-refractivity contribution in [3.05, 3.63) is 40.9 Å². The molecule has 9 heteroatoms. The molecule has 0 bridgehead atoms. The summed E-state index contributed by atoms with van der Waals surface area (Å²) in [4.78, 5) is 16.2. The standard InChI is InChI=1S/C12H11BrN8/c1-7-4-8(13)2-3-9(7)17-11-18-10(14)19-12(20-11)21-6-15-5-16-21/h2-6H,1H3,(H3,14,17,18,19,20). The highest BCUT2D eigenvalue weighted by molar-refractivity contribution is 9.10. The summed E-state index contributed by atoms with van der Waals surface area (Å²) in [6.07, 6.45) is 2.88. The van der Waals surface area contributed by atoms with Crippen LogP contribution in [0.4, 0.5) is 17.6 Å². The topological polar surface area (TPSA) is 107 Å². The quantitative estimate of drug-likeness (QED) is 0.744. The lowest BCUT2D eigenvalue weighted by Gasteiger charge is -2.09. The monoisotopic (exact) mass is 346 g/mol. The van der Waals surface area contributed by atoms with E-state index in [2.05, 4.69) is 46.3 Å². The van der Waals surface area contributed by atoms with Gasteiger partial charge in [0.2, 0.25) is 11.9 Å². The van der Waals surface area contributed by atoms with Crippen LogP contribution in [0, 0.1) is 6.92 Å². The Morgan fingerprint density at radius 3 is 2.81 bits per heavy atom. The minimum Gasteiger partial charge on any atom is -0.368 e. The normalized spacial score (nSPS) is 10.6. The summed E-state index contributed by atoms with van der Waals surface area (Å²) in [7, 11) is 0. The number of aryl methyl sites for hydroxylation is 1. The van der Waals surface area contributed by atoms with Crippen LogP contribution in [0.2, 0.25) is 0 Å². The number of nitrogens with zero attached hydrogens (tertiary/aromatic N) is 6. The van der Waals surface area contributed by atoms with E-state index in [0.29, 0.717) is 11.9 Å². The molecule has 1 aromatic carbocycles. The number of anilines is 3. The Kier molecular flexibility index (Phi) is 3.48. The number of nitrogens with one attached hydrogen (secondary N) is 1. The Bertz CT molecular complexity index is 771. The van der Waals surface area contributed by atoms with Gasteiger partial charge in [-0.15, -0.1) is 0 Å². The van der Waals surface area contributed by atoms with Crippen molar-refractivity contribution in [2.45, 2.75) is 6.92 Å².